The summed E-state index contributed by atoms with van der Waals surface area (Å²) in [6.45, 7) is 3.16. The van der Waals surface area contributed by atoms with Gasteiger partial charge in [-0.25, -0.2) is 4.98 Å². The lowest BCUT2D eigenvalue weighted by Gasteiger charge is -2.36. The normalized spacial score (nSPS) is 15.2. The van der Waals surface area contributed by atoms with E-state index in [4.69, 9.17) is 4.42 Å². The number of fused-ring (bicyclic) bond motifs is 1. The van der Waals surface area contributed by atoms with Crippen molar-refractivity contribution in [1.29, 1.82) is 0 Å². The average molecular weight is 621 g/mol. The molecular formula is C38H44N4O4. The Morgan fingerprint density at radius 2 is 1.63 bits per heavy atom. The van der Waals surface area contributed by atoms with Crippen LogP contribution in [0.25, 0.3) is 10.9 Å². The molecule has 1 atom stereocenters. The SMILES string of the molecule is O=c1ccc2c(CCNCCc3cccc(CNCCc4cnc([C@](O)(c5ccccc5)C5CCCCC5)o4)c3)ccc(O)c2[nH]1. The minimum absolute atomic E-state index is 0.0901. The van der Waals surface area contributed by atoms with Crippen molar-refractivity contribution in [3.63, 3.8) is 0 Å². The minimum Gasteiger partial charge on any atom is -0.506 e. The van der Waals surface area contributed by atoms with Gasteiger partial charge in [-0.2, -0.15) is 0 Å². The lowest BCUT2D eigenvalue weighted by molar-refractivity contribution is -0.0238. The number of aromatic amines is 1. The van der Waals surface area contributed by atoms with Crippen LogP contribution < -0.4 is 16.2 Å². The number of H-pyrrole nitrogens is 1. The molecule has 5 N–H and O–H groups in total. The molecule has 1 aliphatic rings. The molecule has 1 aliphatic carbocycles. The number of oxazole rings is 1. The van der Waals surface area contributed by atoms with Crippen molar-refractivity contribution >= 4 is 10.9 Å². The third kappa shape index (κ3) is 7.41. The van der Waals surface area contributed by atoms with Crippen LogP contribution in [0.1, 0.15) is 66.0 Å². The number of nitrogens with zero attached hydrogens (tertiary/aromatic N) is 1. The monoisotopic (exact) mass is 620 g/mol. The predicted molar refractivity (Wildman–Crippen MR) is 181 cm³/mol. The van der Waals surface area contributed by atoms with Gasteiger partial charge in [-0.3, -0.25) is 4.79 Å². The molecule has 2 heterocycles. The van der Waals surface area contributed by atoms with E-state index in [-0.39, 0.29) is 17.2 Å². The maximum Gasteiger partial charge on any atom is 0.248 e. The Morgan fingerprint density at radius 3 is 2.48 bits per heavy atom. The third-order valence-corrected chi connectivity index (χ3v) is 9.28. The quantitative estimate of drug-likeness (QED) is 0.100. The van der Waals surface area contributed by atoms with Crippen molar-refractivity contribution in [2.24, 2.45) is 5.92 Å². The fraction of sp³-hybridized carbons (Fsp3) is 0.368. The minimum atomic E-state index is -1.20. The van der Waals surface area contributed by atoms with E-state index < -0.39 is 5.60 Å². The summed E-state index contributed by atoms with van der Waals surface area (Å²) in [5, 5.41) is 30.1. The third-order valence-electron chi connectivity index (χ3n) is 9.28. The van der Waals surface area contributed by atoms with E-state index in [0.717, 1.165) is 87.0 Å². The maximum atomic E-state index is 12.0. The molecule has 0 spiro atoms. The number of aliphatic hydroxyl groups is 1. The van der Waals surface area contributed by atoms with Gasteiger partial charge in [-0.15, -0.1) is 0 Å². The molecule has 2 aromatic heterocycles. The summed E-state index contributed by atoms with van der Waals surface area (Å²) in [7, 11) is 0. The summed E-state index contributed by atoms with van der Waals surface area (Å²) in [6.07, 6.45) is 9.59. The largest absolute Gasteiger partial charge is 0.506 e. The Morgan fingerprint density at radius 1 is 0.848 bits per heavy atom. The molecule has 8 nitrogen and oxygen atoms in total. The summed E-state index contributed by atoms with van der Waals surface area (Å²) < 4.78 is 6.22. The Balaban J connectivity index is 0.962. The molecule has 0 bridgehead atoms. The summed E-state index contributed by atoms with van der Waals surface area (Å²) in [4.78, 5) is 19.0. The molecule has 1 fully saturated rings. The van der Waals surface area contributed by atoms with Gasteiger partial charge in [0, 0.05) is 36.9 Å². The van der Waals surface area contributed by atoms with Crippen LogP contribution >= 0.6 is 0 Å². The van der Waals surface area contributed by atoms with E-state index in [0.29, 0.717) is 17.8 Å². The zero-order valence-corrected chi connectivity index (χ0v) is 26.3. The van der Waals surface area contributed by atoms with Crippen molar-refractivity contribution in [1.82, 2.24) is 20.6 Å². The first-order valence-electron chi connectivity index (χ1n) is 16.6. The van der Waals surface area contributed by atoms with E-state index >= 15 is 0 Å². The van der Waals surface area contributed by atoms with Crippen LogP contribution in [0.4, 0.5) is 0 Å². The van der Waals surface area contributed by atoms with Crippen LogP contribution in [-0.4, -0.2) is 39.8 Å². The Bertz CT molecular complexity index is 1780. The van der Waals surface area contributed by atoms with Gasteiger partial charge in [0.05, 0.1) is 11.7 Å². The van der Waals surface area contributed by atoms with Gasteiger partial charge in [0.15, 0.2) is 5.60 Å². The molecule has 240 valence electrons. The molecular weight excluding hydrogens is 576 g/mol. The number of phenols is 1. The van der Waals surface area contributed by atoms with Gasteiger partial charge in [-0.1, -0.05) is 79.9 Å². The van der Waals surface area contributed by atoms with E-state index in [1.54, 1.807) is 18.3 Å². The van der Waals surface area contributed by atoms with Crippen molar-refractivity contribution in [2.45, 2.75) is 63.5 Å². The van der Waals surface area contributed by atoms with E-state index in [1.165, 1.54) is 23.6 Å². The van der Waals surface area contributed by atoms with Crippen molar-refractivity contribution in [2.75, 3.05) is 19.6 Å². The van der Waals surface area contributed by atoms with Crippen LogP contribution in [0.3, 0.4) is 0 Å². The highest BCUT2D eigenvalue weighted by Crippen LogP contribution is 2.43. The number of benzene rings is 3. The van der Waals surface area contributed by atoms with Crippen LogP contribution in [0.2, 0.25) is 0 Å². The fourth-order valence-corrected chi connectivity index (χ4v) is 6.78. The number of rotatable bonds is 14. The van der Waals surface area contributed by atoms with Crippen molar-refractivity contribution < 1.29 is 14.6 Å². The summed E-state index contributed by atoms with van der Waals surface area (Å²) in [6, 6.07) is 25.3. The molecule has 0 saturated heterocycles. The summed E-state index contributed by atoms with van der Waals surface area (Å²) in [5.74, 6) is 1.38. The molecule has 46 heavy (non-hydrogen) atoms. The molecule has 0 aliphatic heterocycles. The number of hydrogen-bond acceptors (Lipinski definition) is 7. The number of phenolic OH excluding ortho intramolecular Hbond substituents is 1. The lowest BCUT2D eigenvalue weighted by Crippen LogP contribution is -2.38. The Labute approximate surface area is 269 Å². The molecule has 8 heteroatoms. The zero-order chi connectivity index (χ0) is 31.8. The van der Waals surface area contributed by atoms with Gasteiger partial charge in [0.1, 0.15) is 11.5 Å². The van der Waals surface area contributed by atoms with Gasteiger partial charge in [-0.05, 0) is 73.2 Å². The maximum absolute atomic E-state index is 12.0. The van der Waals surface area contributed by atoms with E-state index in [2.05, 4.69) is 44.9 Å². The predicted octanol–water partition coefficient (Wildman–Crippen LogP) is 5.75. The summed E-state index contributed by atoms with van der Waals surface area (Å²) in [5.41, 5.74) is 3.52. The first-order chi connectivity index (χ1) is 22.5. The number of aromatic nitrogens is 2. The fourth-order valence-electron chi connectivity index (χ4n) is 6.78. The van der Waals surface area contributed by atoms with Gasteiger partial charge in [0.25, 0.3) is 0 Å². The van der Waals surface area contributed by atoms with E-state index in [1.807, 2.05) is 36.4 Å². The Kier molecular flexibility index (Phi) is 10.3. The smallest absolute Gasteiger partial charge is 0.248 e. The topological polar surface area (TPSA) is 123 Å². The number of aromatic hydroxyl groups is 1. The first kappa shape index (κ1) is 31.7. The highest BCUT2D eigenvalue weighted by Gasteiger charge is 2.44. The Hall–Kier alpha value is -4.24. The first-order valence-corrected chi connectivity index (χ1v) is 16.6. The molecule has 5 aromatic rings. The molecule has 6 rings (SSSR count). The van der Waals surface area contributed by atoms with Crippen molar-refractivity contribution in [3.8, 4) is 5.75 Å². The molecule has 3 aromatic carbocycles. The van der Waals surface area contributed by atoms with Crippen LogP contribution in [-0.2, 0) is 31.4 Å². The van der Waals surface area contributed by atoms with Gasteiger partial charge in [0.2, 0.25) is 11.4 Å². The highest BCUT2D eigenvalue weighted by molar-refractivity contribution is 5.87. The average Bonchev–Trinajstić information content (AvgIpc) is 3.58. The van der Waals surface area contributed by atoms with Crippen molar-refractivity contribution in [3.05, 3.63) is 129 Å². The van der Waals surface area contributed by atoms with Crippen LogP contribution in [0.15, 0.2) is 94.3 Å². The van der Waals surface area contributed by atoms with Crippen LogP contribution in [0.5, 0.6) is 5.75 Å². The van der Waals surface area contributed by atoms with E-state index in [9.17, 15) is 15.0 Å². The molecule has 0 amide bonds. The second kappa shape index (κ2) is 14.9. The second-order valence-corrected chi connectivity index (χ2v) is 12.5. The summed E-state index contributed by atoms with van der Waals surface area (Å²) >= 11 is 0. The van der Waals surface area contributed by atoms with Crippen LogP contribution in [0, 0.1) is 5.92 Å². The number of hydrogen-bond donors (Lipinski definition) is 5. The van der Waals surface area contributed by atoms with Gasteiger partial charge >= 0.3 is 0 Å². The lowest BCUT2D eigenvalue weighted by atomic mass is 9.73. The molecule has 1 saturated carbocycles. The highest BCUT2D eigenvalue weighted by atomic mass is 16.4. The van der Waals surface area contributed by atoms with Gasteiger partial charge < -0.3 is 30.2 Å². The molecule has 0 unspecified atom stereocenters. The standard InChI is InChI=1S/C38H44N4O4/c43-34-16-14-29(33-15-17-35(44)42-36(33)34)19-22-39-21-18-27-8-7-9-28(24-27)25-40-23-20-32-26-41-37(46-32)38(45,30-10-3-1-4-11-30)31-12-5-2-6-13-31/h1,3-4,7-11,14-17,24,26,31,39-40,43,45H,2,5-6,12-13,18-23,25H2,(H,42,44)/t38-/m0/s1. The number of pyridine rings is 1. The molecule has 0 radical (unpaired) electrons. The zero-order valence-electron chi connectivity index (χ0n) is 26.3. The number of nitrogens with one attached hydrogen (secondary N) is 3. The second-order valence-electron chi connectivity index (χ2n) is 12.5.